The summed E-state index contributed by atoms with van der Waals surface area (Å²) in [5, 5.41) is 0. The highest BCUT2D eigenvalue weighted by molar-refractivity contribution is 5.95. The van der Waals surface area contributed by atoms with Gasteiger partial charge in [-0.1, -0.05) is 31.2 Å². The Hall–Kier alpha value is -2.29. The van der Waals surface area contributed by atoms with Crippen molar-refractivity contribution in [3.8, 4) is 11.5 Å². The van der Waals surface area contributed by atoms with Gasteiger partial charge >= 0.3 is 0 Å². The molecule has 0 aromatic heterocycles. The fraction of sp³-hybridized carbons (Fsp3) is 0.278. The van der Waals surface area contributed by atoms with Crippen molar-refractivity contribution in [1.82, 2.24) is 0 Å². The van der Waals surface area contributed by atoms with Gasteiger partial charge in [0.15, 0.2) is 0 Å². The molecule has 0 heterocycles. The Bertz CT molecular complexity index is 670. The number of aryl methyl sites for hydroxylation is 3. The summed E-state index contributed by atoms with van der Waals surface area (Å²) in [5.74, 6) is 1.17. The minimum absolute atomic E-state index is 0.418. The van der Waals surface area contributed by atoms with Gasteiger partial charge in [0, 0.05) is 11.1 Å². The zero-order chi connectivity index (χ0) is 15.6. The van der Waals surface area contributed by atoms with Crippen molar-refractivity contribution in [2.75, 3.05) is 0 Å². The minimum Gasteiger partial charge on any atom is -0.456 e. The number of primary amides is 1. The van der Waals surface area contributed by atoms with Gasteiger partial charge in [0.25, 0.3) is 0 Å². The van der Waals surface area contributed by atoms with Crippen LogP contribution in [0.1, 0.15) is 39.5 Å². The topological polar surface area (TPSA) is 52.3 Å². The van der Waals surface area contributed by atoms with Crippen LogP contribution in [0.25, 0.3) is 0 Å². The lowest BCUT2D eigenvalue weighted by Gasteiger charge is -2.18. The number of nitrogens with two attached hydrogens (primary N) is 1. The fourth-order valence-corrected chi connectivity index (χ4v) is 2.53. The molecule has 0 saturated carbocycles. The van der Waals surface area contributed by atoms with Crippen molar-refractivity contribution < 1.29 is 9.53 Å². The second-order valence-corrected chi connectivity index (χ2v) is 5.28. The van der Waals surface area contributed by atoms with Gasteiger partial charge in [-0.25, -0.2) is 0 Å². The van der Waals surface area contributed by atoms with E-state index in [0.29, 0.717) is 12.0 Å². The molecule has 2 N–H and O–H groups in total. The minimum atomic E-state index is -0.418. The molecule has 2 aromatic rings. The molecule has 0 aliphatic heterocycles. The molecule has 0 spiro atoms. The monoisotopic (exact) mass is 283 g/mol. The van der Waals surface area contributed by atoms with E-state index < -0.39 is 5.91 Å². The third kappa shape index (κ3) is 2.92. The number of amides is 1. The van der Waals surface area contributed by atoms with Crippen molar-refractivity contribution >= 4 is 5.91 Å². The Balaban J connectivity index is 2.58. The molecule has 3 nitrogen and oxygen atoms in total. The third-order valence-electron chi connectivity index (χ3n) is 3.69. The number of carbonyl (C=O) groups is 1. The van der Waals surface area contributed by atoms with Crippen LogP contribution in [-0.4, -0.2) is 5.91 Å². The normalized spacial score (nSPS) is 10.5. The first kappa shape index (κ1) is 15.1. The molecular weight excluding hydrogens is 262 g/mol. The molecule has 110 valence electrons. The Morgan fingerprint density at radius 2 is 1.57 bits per heavy atom. The highest BCUT2D eigenvalue weighted by Crippen LogP contribution is 2.35. The van der Waals surface area contributed by atoms with Crippen LogP contribution in [0.3, 0.4) is 0 Å². The first-order chi connectivity index (χ1) is 9.95. The highest BCUT2D eigenvalue weighted by Gasteiger charge is 2.16. The van der Waals surface area contributed by atoms with Gasteiger partial charge < -0.3 is 10.5 Å². The van der Waals surface area contributed by atoms with Crippen molar-refractivity contribution in [3.05, 3.63) is 58.1 Å². The van der Waals surface area contributed by atoms with Crippen LogP contribution in [0.4, 0.5) is 0 Å². The van der Waals surface area contributed by atoms with Crippen molar-refractivity contribution in [2.24, 2.45) is 5.73 Å². The molecule has 21 heavy (non-hydrogen) atoms. The van der Waals surface area contributed by atoms with Crippen LogP contribution in [-0.2, 0) is 6.42 Å². The zero-order valence-electron chi connectivity index (χ0n) is 13.0. The number of hydrogen-bond acceptors (Lipinski definition) is 2. The van der Waals surface area contributed by atoms with E-state index in [0.717, 1.165) is 33.8 Å². The fourth-order valence-electron chi connectivity index (χ4n) is 2.53. The molecule has 3 heteroatoms. The number of para-hydroxylation sites is 1. The Morgan fingerprint density at radius 1 is 1.00 bits per heavy atom. The second-order valence-electron chi connectivity index (χ2n) is 5.28. The molecule has 0 unspecified atom stereocenters. The molecule has 0 aliphatic rings. The summed E-state index contributed by atoms with van der Waals surface area (Å²) in [6.07, 6.45) is 0.695. The first-order valence-corrected chi connectivity index (χ1v) is 7.12. The number of rotatable bonds is 4. The summed E-state index contributed by atoms with van der Waals surface area (Å²) in [6, 6.07) is 9.68. The number of hydrogen-bond donors (Lipinski definition) is 1. The molecule has 0 radical (unpaired) electrons. The summed E-state index contributed by atoms with van der Waals surface area (Å²) < 4.78 is 6.18. The Labute approximate surface area is 125 Å². The number of ether oxygens (including phenoxy) is 1. The van der Waals surface area contributed by atoms with Gasteiger partial charge in [0.1, 0.15) is 11.5 Å². The smallest absolute Gasteiger partial charge is 0.249 e. The maximum Gasteiger partial charge on any atom is 0.249 e. The molecule has 2 rings (SSSR count). The lowest BCUT2D eigenvalue weighted by molar-refractivity contribution is 0.0999. The number of carbonyl (C=O) groups excluding carboxylic acids is 1. The highest BCUT2D eigenvalue weighted by atomic mass is 16.5. The van der Waals surface area contributed by atoms with E-state index in [1.165, 1.54) is 0 Å². The van der Waals surface area contributed by atoms with E-state index in [1.54, 1.807) is 6.07 Å². The molecule has 0 bridgehead atoms. The van der Waals surface area contributed by atoms with Crippen LogP contribution in [0.2, 0.25) is 0 Å². The van der Waals surface area contributed by atoms with Gasteiger partial charge in [0.05, 0.1) is 0 Å². The van der Waals surface area contributed by atoms with E-state index in [1.807, 2.05) is 52.0 Å². The summed E-state index contributed by atoms with van der Waals surface area (Å²) >= 11 is 0. The van der Waals surface area contributed by atoms with E-state index in [2.05, 4.69) is 0 Å². The zero-order valence-corrected chi connectivity index (χ0v) is 13.0. The van der Waals surface area contributed by atoms with Crippen LogP contribution in [0.15, 0.2) is 30.3 Å². The predicted octanol–water partition coefficient (Wildman–Crippen LogP) is 4.07. The van der Waals surface area contributed by atoms with Gasteiger partial charge in [-0.15, -0.1) is 0 Å². The van der Waals surface area contributed by atoms with E-state index in [9.17, 15) is 4.79 Å². The standard InChI is InChI=1S/C18H21NO2/c1-5-14-15(18(19)20)10-9-13(4)17(14)21-16-11(2)7-6-8-12(16)3/h6-10H,5H2,1-4H3,(H2,19,20). The second kappa shape index (κ2) is 6.00. The largest absolute Gasteiger partial charge is 0.456 e. The van der Waals surface area contributed by atoms with Crippen LogP contribution < -0.4 is 10.5 Å². The summed E-state index contributed by atoms with van der Waals surface area (Å²) in [5.41, 5.74) is 10.0. The predicted molar refractivity (Wildman–Crippen MR) is 85.1 cm³/mol. The van der Waals surface area contributed by atoms with Crippen LogP contribution in [0.5, 0.6) is 11.5 Å². The Morgan fingerprint density at radius 3 is 2.10 bits per heavy atom. The molecule has 0 fully saturated rings. The molecule has 0 saturated heterocycles. The van der Waals surface area contributed by atoms with Gasteiger partial charge in [-0.2, -0.15) is 0 Å². The van der Waals surface area contributed by atoms with Gasteiger partial charge in [-0.3, -0.25) is 4.79 Å². The molecular formula is C18H21NO2. The number of benzene rings is 2. The Kier molecular flexibility index (Phi) is 4.32. The van der Waals surface area contributed by atoms with E-state index in [-0.39, 0.29) is 0 Å². The third-order valence-corrected chi connectivity index (χ3v) is 3.69. The maximum absolute atomic E-state index is 11.6. The SMILES string of the molecule is CCc1c(C(N)=O)ccc(C)c1Oc1c(C)cccc1C. The lowest BCUT2D eigenvalue weighted by atomic mass is 10.00. The quantitative estimate of drug-likeness (QED) is 0.919. The van der Waals surface area contributed by atoms with Crippen molar-refractivity contribution in [2.45, 2.75) is 34.1 Å². The molecule has 1 amide bonds. The van der Waals surface area contributed by atoms with Gasteiger partial charge in [-0.05, 0) is 49.9 Å². The van der Waals surface area contributed by atoms with Gasteiger partial charge in [0.2, 0.25) is 5.91 Å². The molecule has 0 atom stereocenters. The van der Waals surface area contributed by atoms with E-state index >= 15 is 0 Å². The van der Waals surface area contributed by atoms with E-state index in [4.69, 9.17) is 10.5 Å². The lowest BCUT2D eigenvalue weighted by Crippen LogP contribution is -2.14. The summed E-state index contributed by atoms with van der Waals surface area (Å²) in [6.45, 7) is 8.01. The molecule has 2 aromatic carbocycles. The molecule has 0 aliphatic carbocycles. The van der Waals surface area contributed by atoms with Crippen molar-refractivity contribution in [1.29, 1.82) is 0 Å². The average molecular weight is 283 g/mol. The van der Waals surface area contributed by atoms with Crippen LogP contribution in [0, 0.1) is 20.8 Å². The summed E-state index contributed by atoms with van der Waals surface area (Å²) in [4.78, 5) is 11.6. The van der Waals surface area contributed by atoms with Crippen LogP contribution >= 0.6 is 0 Å². The average Bonchev–Trinajstić information content (AvgIpc) is 2.43. The summed E-state index contributed by atoms with van der Waals surface area (Å²) in [7, 11) is 0. The first-order valence-electron chi connectivity index (χ1n) is 7.12. The maximum atomic E-state index is 11.6. The van der Waals surface area contributed by atoms with Crippen molar-refractivity contribution in [3.63, 3.8) is 0 Å².